The molecule has 1 atom stereocenters. The number of nitrogens with one attached hydrogen (secondary N) is 1. The quantitative estimate of drug-likeness (QED) is 0.825. The Balaban J connectivity index is 2.52. The number of alkyl carbamates (subject to hydrolysis) is 1. The predicted molar refractivity (Wildman–Crippen MR) is 63.7 cm³/mol. The topological polar surface area (TPSA) is 38.3 Å². The minimum atomic E-state index is -0.391. The zero-order valence-electron chi connectivity index (χ0n) is 9.77. The van der Waals surface area contributed by atoms with Gasteiger partial charge in [0.2, 0.25) is 0 Å². The van der Waals surface area contributed by atoms with Crippen LogP contribution in [0, 0.1) is 6.54 Å². The molecule has 0 spiro atoms. The summed E-state index contributed by atoms with van der Waals surface area (Å²) in [4.78, 5) is 11.4. The van der Waals surface area contributed by atoms with Gasteiger partial charge in [-0.05, 0) is 18.4 Å². The van der Waals surface area contributed by atoms with Crippen molar-refractivity contribution in [1.82, 2.24) is 5.32 Å². The second kappa shape index (κ2) is 6.88. The molecule has 0 aliphatic heterocycles. The third-order valence-corrected chi connectivity index (χ3v) is 2.22. The molecular formula is C13H18NO2. The molecule has 0 bridgehead atoms. The molecule has 1 radical (unpaired) electrons. The Morgan fingerprint density at radius 2 is 2.06 bits per heavy atom. The first-order valence-corrected chi connectivity index (χ1v) is 5.61. The number of rotatable bonds is 5. The average molecular weight is 220 g/mol. The van der Waals surface area contributed by atoms with E-state index < -0.39 is 6.09 Å². The summed E-state index contributed by atoms with van der Waals surface area (Å²) >= 11 is 0. The van der Waals surface area contributed by atoms with Crippen LogP contribution in [0.4, 0.5) is 4.79 Å². The molecule has 0 fully saturated rings. The van der Waals surface area contributed by atoms with Crippen LogP contribution >= 0.6 is 0 Å². The highest BCUT2D eigenvalue weighted by Crippen LogP contribution is 2.20. The fraction of sp³-hybridized carbons (Fsp3) is 0.385. The molecule has 1 rings (SSSR count). The molecule has 1 N–H and O–H groups in total. The van der Waals surface area contributed by atoms with Crippen LogP contribution in [0.2, 0.25) is 0 Å². The van der Waals surface area contributed by atoms with E-state index in [1.54, 1.807) is 6.54 Å². The Kier molecular flexibility index (Phi) is 5.40. The largest absolute Gasteiger partial charge is 0.441 e. The van der Waals surface area contributed by atoms with E-state index in [0.717, 1.165) is 18.4 Å². The Bertz CT molecular complexity index is 311. The van der Waals surface area contributed by atoms with E-state index in [2.05, 4.69) is 5.32 Å². The van der Waals surface area contributed by atoms with Crippen molar-refractivity contribution in [3.63, 3.8) is 0 Å². The highest BCUT2D eigenvalue weighted by Gasteiger charge is 2.13. The normalized spacial score (nSPS) is 11.9. The van der Waals surface area contributed by atoms with Gasteiger partial charge in [-0.25, -0.2) is 4.79 Å². The molecule has 16 heavy (non-hydrogen) atoms. The molecule has 87 valence electrons. The van der Waals surface area contributed by atoms with Crippen molar-refractivity contribution in [3.05, 3.63) is 42.4 Å². The van der Waals surface area contributed by atoms with E-state index in [4.69, 9.17) is 4.74 Å². The number of carbonyl (C=O) groups is 1. The van der Waals surface area contributed by atoms with Crippen molar-refractivity contribution >= 4 is 6.09 Å². The van der Waals surface area contributed by atoms with E-state index in [-0.39, 0.29) is 6.10 Å². The number of amides is 1. The van der Waals surface area contributed by atoms with E-state index in [9.17, 15) is 4.79 Å². The van der Waals surface area contributed by atoms with Gasteiger partial charge in [-0.15, -0.1) is 0 Å². The van der Waals surface area contributed by atoms with Gasteiger partial charge in [-0.1, -0.05) is 44.2 Å². The summed E-state index contributed by atoms with van der Waals surface area (Å²) in [7, 11) is 0. The summed E-state index contributed by atoms with van der Waals surface area (Å²) < 4.78 is 5.31. The summed E-state index contributed by atoms with van der Waals surface area (Å²) in [6.45, 7) is 5.63. The fourth-order valence-corrected chi connectivity index (χ4v) is 1.40. The first-order valence-electron chi connectivity index (χ1n) is 5.61. The lowest BCUT2D eigenvalue weighted by Crippen LogP contribution is -2.23. The molecule has 3 heteroatoms. The van der Waals surface area contributed by atoms with Crippen LogP contribution in [0.1, 0.15) is 38.4 Å². The maximum absolute atomic E-state index is 11.4. The SMILES string of the molecule is CC[CH]NC(=O)OC(CC)c1ccccc1. The second-order valence-corrected chi connectivity index (χ2v) is 3.47. The predicted octanol–water partition coefficient (Wildman–Crippen LogP) is 3.44. The van der Waals surface area contributed by atoms with Gasteiger partial charge in [0.05, 0.1) is 6.54 Å². The Hall–Kier alpha value is -1.51. The van der Waals surface area contributed by atoms with Crippen molar-refractivity contribution in [1.29, 1.82) is 0 Å². The van der Waals surface area contributed by atoms with Crippen molar-refractivity contribution in [2.45, 2.75) is 32.8 Å². The molecule has 1 aromatic rings. The van der Waals surface area contributed by atoms with Gasteiger partial charge < -0.3 is 10.1 Å². The van der Waals surface area contributed by atoms with Crippen LogP contribution in [0.5, 0.6) is 0 Å². The number of hydrogen-bond donors (Lipinski definition) is 1. The van der Waals surface area contributed by atoms with E-state index >= 15 is 0 Å². The molecule has 0 aliphatic carbocycles. The van der Waals surface area contributed by atoms with Crippen molar-refractivity contribution in [2.75, 3.05) is 0 Å². The van der Waals surface area contributed by atoms with Crippen LogP contribution in [-0.4, -0.2) is 6.09 Å². The van der Waals surface area contributed by atoms with Crippen molar-refractivity contribution in [2.24, 2.45) is 0 Å². The van der Waals surface area contributed by atoms with E-state index in [0.29, 0.717) is 0 Å². The first-order chi connectivity index (χ1) is 7.77. The van der Waals surface area contributed by atoms with Gasteiger partial charge in [-0.3, -0.25) is 0 Å². The fourth-order valence-electron chi connectivity index (χ4n) is 1.40. The Morgan fingerprint density at radius 1 is 1.38 bits per heavy atom. The Morgan fingerprint density at radius 3 is 2.62 bits per heavy atom. The number of ether oxygens (including phenoxy) is 1. The van der Waals surface area contributed by atoms with Crippen LogP contribution in [0.25, 0.3) is 0 Å². The molecule has 1 amide bonds. The molecular weight excluding hydrogens is 202 g/mol. The van der Waals surface area contributed by atoms with Crippen LogP contribution < -0.4 is 5.32 Å². The summed E-state index contributed by atoms with van der Waals surface area (Å²) in [6.07, 6.45) is 0.991. The highest BCUT2D eigenvalue weighted by atomic mass is 16.6. The number of benzene rings is 1. The minimum absolute atomic E-state index is 0.175. The number of carbonyl (C=O) groups excluding carboxylic acids is 1. The van der Waals surface area contributed by atoms with Crippen molar-refractivity contribution < 1.29 is 9.53 Å². The van der Waals surface area contributed by atoms with Crippen molar-refractivity contribution in [3.8, 4) is 0 Å². The summed E-state index contributed by atoms with van der Waals surface area (Å²) in [6, 6.07) is 9.76. The molecule has 3 nitrogen and oxygen atoms in total. The van der Waals surface area contributed by atoms with Gasteiger partial charge >= 0.3 is 6.09 Å². The lowest BCUT2D eigenvalue weighted by molar-refractivity contribution is 0.0970. The summed E-state index contributed by atoms with van der Waals surface area (Å²) in [5, 5.41) is 2.58. The van der Waals surface area contributed by atoms with E-state index in [1.807, 2.05) is 44.2 Å². The second-order valence-electron chi connectivity index (χ2n) is 3.47. The van der Waals surface area contributed by atoms with Crippen LogP contribution in [-0.2, 0) is 4.74 Å². The van der Waals surface area contributed by atoms with Crippen LogP contribution in [0.15, 0.2) is 30.3 Å². The zero-order chi connectivity index (χ0) is 11.8. The Labute approximate surface area is 96.8 Å². The molecule has 0 aliphatic rings. The highest BCUT2D eigenvalue weighted by molar-refractivity contribution is 5.68. The molecule has 1 aromatic carbocycles. The maximum Gasteiger partial charge on any atom is 0.408 e. The van der Waals surface area contributed by atoms with Gasteiger partial charge in [-0.2, -0.15) is 0 Å². The van der Waals surface area contributed by atoms with Gasteiger partial charge in [0, 0.05) is 0 Å². The standard InChI is InChI=1S/C13H18NO2/c1-3-10-14-13(15)16-12(4-2)11-8-6-5-7-9-11/h5-10,12H,3-4H2,1-2H3,(H,14,15). The summed E-state index contributed by atoms with van der Waals surface area (Å²) in [5.74, 6) is 0. The zero-order valence-corrected chi connectivity index (χ0v) is 9.77. The first kappa shape index (κ1) is 12.6. The number of hydrogen-bond acceptors (Lipinski definition) is 2. The molecule has 0 aromatic heterocycles. The molecule has 0 saturated heterocycles. The molecule has 0 saturated carbocycles. The lowest BCUT2D eigenvalue weighted by atomic mass is 10.1. The molecule has 0 heterocycles. The average Bonchev–Trinajstić information content (AvgIpc) is 2.34. The smallest absolute Gasteiger partial charge is 0.408 e. The molecule has 1 unspecified atom stereocenters. The van der Waals surface area contributed by atoms with Gasteiger partial charge in [0.25, 0.3) is 0 Å². The van der Waals surface area contributed by atoms with Gasteiger partial charge in [0.1, 0.15) is 6.10 Å². The maximum atomic E-state index is 11.4. The minimum Gasteiger partial charge on any atom is -0.441 e. The monoisotopic (exact) mass is 220 g/mol. The summed E-state index contributed by atoms with van der Waals surface area (Å²) in [5.41, 5.74) is 1.02. The lowest BCUT2D eigenvalue weighted by Gasteiger charge is -2.16. The van der Waals surface area contributed by atoms with E-state index in [1.165, 1.54) is 0 Å². The third kappa shape index (κ3) is 3.93. The van der Waals surface area contributed by atoms with Gasteiger partial charge in [0.15, 0.2) is 0 Å². The third-order valence-electron chi connectivity index (χ3n) is 2.22. The van der Waals surface area contributed by atoms with Crippen LogP contribution in [0.3, 0.4) is 0 Å².